The van der Waals surface area contributed by atoms with Crippen LogP contribution in [-0.4, -0.2) is 44.4 Å². The number of benzene rings is 2. The van der Waals surface area contributed by atoms with Gasteiger partial charge in [-0.1, -0.05) is 0 Å². The number of carboxylic acids is 1. The lowest BCUT2D eigenvalue weighted by molar-refractivity contribution is 0.0604. The summed E-state index contributed by atoms with van der Waals surface area (Å²) < 4.78 is 29.2. The van der Waals surface area contributed by atoms with Gasteiger partial charge in [0.15, 0.2) is 0 Å². The molecule has 8 heteroatoms. The van der Waals surface area contributed by atoms with Crippen LogP contribution in [0.3, 0.4) is 0 Å². The van der Waals surface area contributed by atoms with E-state index in [-0.39, 0.29) is 29.0 Å². The zero-order chi connectivity index (χ0) is 19.8. The van der Waals surface area contributed by atoms with E-state index in [2.05, 4.69) is 5.32 Å². The average molecular weight is 377 g/mol. The first kappa shape index (κ1) is 20.3. The molecular weight excluding hydrogens is 357 g/mol. The monoisotopic (exact) mass is 377 g/mol. The van der Waals surface area contributed by atoms with Crippen LogP contribution < -0.4 is 10.1 Å². The van der Waals surface area contributed by atoms with Crippen molar-refractivity contribution in [2.24, 2.45) is 0 Å². The van der Waals surface area contributed by atoms with Gasteiger partial charge >= 0.3 is 5.97 Å². The van der Waals surface area contributed by atoms with E-state index in [1.54, 1.807) is 0 Å². The fourth-order valence-electron chi connectivity index (χ4n) is 2.27. The number of carbonyl (C=O) groups excluding carboxylic acids is 1. The molecule has 0 aliphatic rings. The number of ether oxygens (including phenoxy) is 3. The zero-order valence-electron chi connectivity index (χ0n) is 15.0. The maximum absolute atomic E-state index is 13.9. The smallest absolute Gasteiger partial charge is 0.335 e. The van der Waals surface area contributed by atoms with Crippen LogP contribution in [0.4, 0.5) is 10.1 Å². The topological polar surface area (TPSA) is 94.1 Å². The first-order valence-corrected chi connectivity index (χ1v) is 8.04. The number of carbonyl (C=O) groups is 2. The SMILES string of the molecule is COCCOCc1cc(C(=O)Nc2ccc(C(=O)O)cc2OC)ccc1F. The predicted molar refractivity (Wildman–Crippen MR) is 95.8 cm³/mol. The summed E-state index contributed by atoms with van der Waals surface area (Å²) in [6.07, 6.45) is 0. The number of hydrogen-bond acceptors (Lipinski definition) is 5. The lowest BCUT2D eigenvalue weighted by atomic mass is 10.1. The van der Waals surface area contributed by atoms with Crippen molar-refractivity contribution in [2.45, 2.75) is 6.61 Å². The second kappa shape index (κ2) is 9.65. The van der Waals surface area contributed by atoms with Crippen LogP contribution in [0.2, 0.25) is 0 Å². The van der Waals surface area contributed by atoms with E-state index in [0.29, 0.717) is 18.9 Å². The summed E-state index contributed by atoms with van der Waals surface area (Å²) >= 11 is 0. The molecule has 0 aliphatic heterocycles. The number of amides is 1. The Morgan fingerprint density at radius 3 is 2.48 bits per heavy atom. The lowest BCUT2D eigenvalue weighted by Crippen LogP contribution is -2.14. The van der Waals surface area contributed by atoms with Gasteiger partial charge in [-0.2, -0.15) is 0 Å². The number of methoxy groups -OCH3 is 2. The molecule has 1 amide bonds. The van der Waals surface area contributed by atoms with Crippen molar-refractivity contribution in [1.82, 2.24) is 0 Å². The predicted octanol–water partition coefficient (Wildman–Crippen LogP) is 2.95. The van der Waals surface area contributed by atoms with E-state index in [1.807, 2.05) is 0 Å². The quantitative estimate of drug-likeness (QED) is 0.653. The van der Waals surface area contributed by atoms with Gasteiger partial charge in [0, 0.05) is 18.2 Å². The maximum Gasteiger partial charge on any atom is 0.335 e. The highest BCUT2D eigenvalue weighted by Crippen LogP contribution is 2.26. The third-order valence-electron chi connectivity index (χ3n) is 3.69. The third kappa shape index (κ3) is 5.50. The largest absolute Gasteiger partial charge is 0.495 e. The highest BCUT2D eigenvalue weighted by Gasteiger charge is 2.14. The molecule has 0 unspecified atom stereocenters. The maximum atomic E-state index is 13.9. The van der Waals surface area contributed by atoms with Crippen LogP contribution in [0.25, 0.3) is 0 Å². The van der Waals surface area contributed by atoms with Crippen LogP contribution in [0.15, 0.2) is 36.4 Å². The number of hydrogen-bond donors (Lipinski definition) is 2. The van der Waals surface area contributed by atoms with E-state index in [0.717, 1.165) is 0 Å². The Labute approximate surface area is 155 Å². The van der Waals surface area contributed by atoms with Crippen LogP contribution in [0.1, 0.15) is 26.3 Å². The Balaban J connectivity index is 2.15. The Morgan fingerprint density at radius 2 is 1.81 bits per heavy atom. The van der Waals surface area contributed by atoms with Gasteiger partial charge in [0.2, 0.25) is 0 Å². The molecule has 2 rings (SSSR count). The number of carboxylic acid groups (broad SMARTS) is 1. The molecule has 27 heavy (non-hydrogen) atoms. The van der Waals surface area contributed by atoms with E-state index in [4.69, 9.17) is 19.3 Å². The van der Waals surface area contributed by atoms with Crippen molar-refractivity contribution in [3.63, 3.8) is 0 Å². The molecule has 0 saturated carbocycles. The van der Waals surface area contributed by atoms with E-state index >= 15 is 0 Å². The molecule has 7 nitrogen and oxygen atoms in total. The van der Waals surface area contributed by atoms with Gasteiger partial charge < -0.3 is 24.6 Å². The highest BCUT2D eigenvalue weighted by molar-refractivity contribution is 6.05. The molecular formula is C19H20FNO6. The van der Waals surface area contributed by atoms with Crippen molar-refractivity contribution < 1.29 is 33.3 Å². The molecule has 0 radical (unpaired) electrons. The number of nitrogens with one attached hydrogen (secondary N) is 1. The number of anilines is 1. The summed E-state index contributed by atoms with van der Waals surface area (Å²) in [5, 5.41) is 11.6. The van der Waals surface area contributed by atoms with Crippen LogP contribution in [0.5, 0.6) is 5.75 Å². The Morgan fingerprint density at radius 1 is 1.07 bits per heavy atom. The molecule has 0 aliphatic carbocycles. The Bertz CT molecular complexity index is 824. The summed E-state index contributed by atoms with van der Waals surface area (Å²) in [5.41, 5.74) is 0.801. The van der Waals surface area contributed by atoms with Crippen molar-refractivity contribution in [3.8, 4) is 5.75 Å². The molecule has 0 spiro atoms. The van der Waals surface area contributed by atoms with Crippen molar-refractivity contribution >= 4 is 17.6 Å². The Hall–Kier alpha value is -2.97. The lowest BCUT2D eigenvalue weighted by Gasteiger charge is -2.12. The van der Waals surface area contributed by atoms with Crippen molar-refractivity contribution in [1.29, 1.82) is 0 Å². The molecule has 0 saturated heterocycles. The van der Waals surface area contributed by atoms with Gasteiger partial charge in [-0.15, -0.1) is 0 Å². The fraction of sp³-hybridized carbons (Fsp3) is 0.263. The molecule has 144 valence electrons. The summed E-state index contributed by atoms with van der Waals surface area (Å²) in [4.78, 5) is 23.5. The molecule has 0 aromatic heterocycles. The summed E-state index contributed by atoms with van der Waals surface area (Å²) in [6.45, 7) is 0.695. The average Bonchev–Trinajstić information content (AvgIpc) is 2.66. The number of aromatic carboxylic acids is 1. The first-order chi connectivity index (χ1) is 13.0. The summed E-state index contributed by atoms with van der Waals surface area (Å²) in [7, 11) is 2.90. The van der Waals surface area contributed by atoms with E-state index in [1.165, 1.54) is 50.6 Å². The molecule has 0 atom stereocenters. The minimum absolute atomic E-state index is 0.00689. The van der Waals surface area contributed by atoms with Crippen molar-refractivity contribution in [2.75, 3.05) is 32.8 Å². The minimum atomic E-state index is -1.11. The number of rotatable bonds is 9. The molecule has 0 fully saturated rings. The first-order valence-electron chi connectivity index (χ1n) is 8.04. The third-order valence-corrected chi connectivity index (χ3v) is 3.69. The second-order valence-electron chi connectivity index (χ2n) is 5.53. The molecule has 0 heterocycles. The van der Waals surface area contributed by atoms with Crippen LogP contribution in [-0.2, 0) is 16.1 Å². The summed E-state index contributed by atoms with van der Waals surface area (Å²) in [6, 6.07) is 8.02. The van der Waals surface area contributed by atoms with E-state index in [9.17, 15) is 14.0 Å². The molecule has 2 aromatic carbocycles. The van der Waals surface area contributed by atoms with Gasteiger partial charge in [-0.3, -0.25) is 4.79 Å². The van der Waals surface area contributed by atoms with Crippen molar-refractivity contribution in [3.05, 3.63) is 58.9 Å². The van der Waals surface area contributed by atoms with Gasteiger partial charge in [0.1, 0.15) is 11.6 Å². The minimum Gasteiger partial charge on any atom is -0.495 e. The van der Waals surface area contributed by atoms with E-state index < -0.39 is 17.7 Å². The standard InChI is InChI=1S/C19H20FNO6/c1-25-7-8-27-11-14-9-12(3-5-15(14)20)18(22)21-16-6-4-13(19(23)24)10-17(16)26-2/h3-6,9-10H,7-8,11H2,1-2H3,(H,21,22)(H,23,24). The van der Waals surface area contributed by atoms with Gasteiger partial charge in [-0.25, -0.2) is 9.18 Å². The number of halogens is 1. The van der Waals surface area contributed by atoms with Gasteiger partial charge in [0.05, 0.1) is 38.2 Å². The van der Waals surface area contributed by atoms with Crippen LogP contribution >= 0.6 is 0 Å². The molecule has 0 bridgehead atoms. The molecule has 2 N–H and O–H groups in total. The normalized spacial score (nSPS) is 10.5. The highest BCUT2D eigenvalue weighted by atomic mass is 19.1. The fourth-order valence-corrected chi connectivity index (χ4v) is 2.27. The Kier molecular flexibility index (Phi) is 7.27. The van der Waals surface area contributed by atoms with Crippen LogP contribution in [0, 0.1) is 5.82 Å². The van der Waals surface area contributed by atoms with Gasteiger partial charge in [-0.05, 0) is 36.4 Å². The van der Waals surface area contributed by atoms with Gasteiger partial charge in [0.25, 0.3) is 5.91 Å². The molecule has 2 aromatic rings. The summed E-state index contributed by atoms with van der Waals surface area (Å²) in [5.74, 6) is -1.88. The second-order valence-corrected chi connectivity index (χ2v) is 5.53. The zero-order valence-corrected chi connectivity index (χ0v) is 15.0.